The van der Waals surface area contributed by atoms with Crippen LogP contribution in [0.5, 0.6) is 5.75 Å². The average molecular weight is 304 g/mol. The van der Waals surface area contributed by atoms with Crippen LogP contribution in [0.3, 0.4) is 0 Å². The summed E-state index contributed by atoms with van der Waals surface area (Å²) in [7, 11) is 0. The molecular formula is C16H20N2O4. The molecule has 1 fully saturated rings. The number of nitrogens with zero attached hydrogens (tertiary/aromatic N) is 2. The van der Waals surface area contributed by atoms with Gasteiger partial charge in [0.25, 0.3) is 5.91 Å². The number of carbonyl (C=O) groups excluding carboxylic acids is 2. The Hall–Kier alpha value is -2.08. The summed E-state index contributed by atoms with van der Waals surface area (Å²) < 4.78 is 10.7. The maximum absolute atomic E-state index is 12.7. The first kappa shape index (κ1) is 14.8. The third-order valence-electron chi connectivity index (χ3n) is 4.06. The highest BCUT2D eigenvalue weighted by Gasteiger charge is 2.35. The highest BCUT2D eigenvalue weighted by Crippen LogP contribution is 2.34. The summed E-state index contributed by atoms with van der Waals surface area (Å²) in [5, 5.41) is 0. The van der Waals surface area contributed by atoms with Crippen molar-refractivity contribution in [3.63, 3.8) is 0 Å². The predicted octanol–water partition coefficient (Wildman–Crippen LogP) is 0.968. The number of amides is 2. The first-order valence-electron chi connectivity index (χ1n) is 7.50. The van der Waals surface area contributed by atoms with Crippen molar-refractivity contribution >= 4 is 17.5 Å². The zero-order valence-corrected chi connectivity index (χ0v) is 12.9. The topological polar surface area (TPSA) is 59.1 Å². The summed E-state index contributed by atoms with van der Waals surface area (Å²) in [6, 6.07) is 5.11. The molecular weight excluding hydrogens is 284 g/mol. The number of ether oxygens (including phenoxy) is 2. The Kier molecular flexibility index (Phi) is 4.02. The second kappa shape index (κ2) is 5.96. The Morgan fingerprint density at radius 3 is 2.73 bits per heavy atom. The van der Waals surface area contributed by atoms with Crippen molar-refractivity contribution in [3.05, 3.63) is 23.8 Å². The molecule has 6 heteroatoms. The van der Waals surface area contributed by atoms with Crippen molar-refractivity contribution in [2.75, 3.05) is 37.8 Å². The van der Waals surface area contributed by atoms with Crippen LogP contribution in [0, 0.1) is 6.92 Å². The molecule has 1 unspecified atom stereocenters. The predicted molar refractivity (Wildman–Crippen MR) is 81.0 cm³/mol. The lowest BCUT2D eigenvalue weighted by molar-refractivity contribution is -0.138. The number of anilines is 1. The van der Waals surface area contributed by atoms with Gasteiger partial charge in [-0.15, -0.1) is 0 Å². The third-order valence-corrected chi connectivity index (χ3v) is 4.06. The fraction of sp³-hybridized carbons (Fsp3) is 0.500. The van der Waals surface area contributed by atoms with E-state index in [1.165, 1.54) is 0 Å². The Balaban J connectivity index is 1.88. The number of rotatable bonds is 2. The van der Waals surface area contributed by atoms with Crippen LogP contribution < -0.4 is 9.64 Å². The molecule has 0 radical (unpaired) electrons. The van der Waals surface area contributed by atoms with E-state index in [-0.39, 0.29) is 18.4 Å². The van der Waals surface area contributed by atoms with Crippen LogP contribution in [-0.4, -0.2) is 55.7 Å². The number of fused-ring (bicyclic) bond motifs is 1. The van der Waals surface area contributed by atoms with E-state index < -0.39 is 6.04 Å². The molecule has 0 aliphatic carbocycles. The van der Waals surface area contributed by atoms with Crippen molar-refractivity contribution in [2.24, 2.45) is 0 Å². The van der Waals surface area contributed by atoms with Crippen LogP contribution in [0.25, 0.3) is 0 Å². The van der Waals surface area contributed by atoms with Crippen molar-refractivity contribution in [2.45, 2.75) is 19.9 Å². The maximum atomic E-state index is 12.7. The largest absolute Gasteiger partial charge is 0.482 e. The molecule has 6 nitrogen and oxygen atoms in total. The van der Waals surface area contributed by atoms with Crippen LogP contribution in [0.4, 0.5) is 5.69 Å². The molecule has 0 saturated carbocycles. The van der Waals surface area contributed by atoms with E-state index >= 15 is 0 Å². The van der Waals surface area contributed by atoms with Gasteiger partial charge >= 0.3 is 0 Å². The SMILES string of the molecule is Cc1ccc2c(c1)N(C(C)C(=O)N1CCOCC1)C(=O)CO2. The summed E-state index contributed by atoms with van der Waals surface area (Å²) in [6.45, 7) is 5.93. The second-order valence-corrected chi connectivity index (χ2v) is 5.64. The molecule has 1 aromatic rings. The van der Waals surface area contributed by atoms with Crippen LogP contribution in [0.2, 0.25) is 0 Å². The minimum atomic E-state index is -0.546. The van der Waals surface area contributed by atoms with Gasteiger partial charge in [0, 0.05) is 13.1 Å². The van der Waals surface area contributed by atoms with Crippen molar-refractivity contribution in [1.82, 2.24) is 4.90 Å². The molecule has 3 rings (SSSR count). The molecule has 1 atom stereocenters. The van der Waals surface area contributed by atoms with Gasteiger partial charge in [-0.2, -0.15) is 0 Å². The monoisotopic (exact) mass is 304 g/mol. The van der Waals surface area contributed by atoms with Crippen molar-refractivity contribution in [3.8, 4) is 5.75 Å². The maximum Gasteiger partial charge on any atom is 0.265 e. The first-order chi connectivity index (χ1) is 10.6. The van der Waals surface area contributed by atoms with Crippen LogP contribution in [0.1, 0.15) is 12.5 Å². The Bertz CT molecular complexity index is 596. The summed E-state index contributed by atoms with van der Waals surface area (Å²) in [5.74, 6) is 0.407. The normalized spacial score (nSPS) is 19.5. The minimum absolute atomic E-state index is 0.0310. The van der Waals surface area contributed by atoms with Gasteiger partial charge in [-0.3, -0.25) is 14.5 Å². The number of aryl methyl sites for hydroxylation is 1. The molecule has 0 N–H and O–H groups in total. The van der Waals surface area contributed by atoms with Crippen LogP contribution >= 0.6 is 0 Å². The molecule has 1 aromatic carbocycles. The fourth-order valence-corrected chi connectivity index (χ4v) is 2.86. The van der Waals surface area contributed by atoms with E-state index in [1.807, 2.05) is 25.1 Å². The van der Waals surface area contributed by atoms with Gasteiger partial charge in [0.15, 0.2) is 6.61 Å². The molecule has 2 heterocycles. The first-order valence-corrected chi connectivity index (χ1v) is 7.50. The minimum Gasteiger partial charge on any atom is -0.482 e. The second-order valence-electron chi connectivity index (χ2n) is 5.64. The smallest absolute Gasteiger partial charge is 0.265 e. The van der Waals surface area contributed by atoms with Gasteiger partial charge in [0.2, 0.25) is 5.91 Å². The van der Waals surface area contributed by atoms with E-state index in [0.717, 1.165) is 5.56 Å². The summed E-state index contributed by atoms with van der Waals surface area (Å²) in [5.41, 5.74) is 1.69. The standard InChI is InChI=1S/C16H20N2O4/c1-11-3-4-14-13(9-11)18(15(19)10-22-14)12(2)16(20)17-5-7-21-8-6-17/h3-4,9,12H,5-8,10H2,1-2H3. The highest BCUT2D eigenvalue weighted by molar-refractivity contribution is 6.03. The number of hydrogen-bond donors (Lipinski definition) is 0. The fourth-order valence-electron chi connectivity index (χ4n) is 2.86. The van der Waals surface area contributed by atoms with Crippen LogP contribution in [-0.2, 0) is 14.3 Å². The zero-order chi connectivity index (χ0) is 15.7. The summed E-state index contributed by atoms with van der Waals surface area (Å²) >= 11 is 0. The molecule has 2 amide bonds. The summed E-state index contributed by atoms with van der Waals surface area (Å²) in [6.07, 6.45) is 0. The Morgan fingerprint density at radius 1 is 1.27 bits per heavy atom. The molecule has 2 aliphatic rings. The lowest BCUT2D eigenvalue weighted by Crippen LogP contribution is -2.54. The summed E-state index contributed by atoms with van der Waals surface area (Å²) in [4.78, 5) is 28.3. The van der Waals surface area contributed by atoms with E-state index in [2.05, 4.69) is 0 Å². The van der Waals surface area contributed by atoms with E-state index in [0.29, 0.717) is 37.7 Å². The Labute approximate surface area is 129 Å². The highest BCUT2D eigenvalue weighted by atomic mass is 16.5. The Morgan fingerprint density at radius 2 is 2.00 bits per heavy atom. The van der Waals surface area contributed by atoms with Gasteiger partial charge in [-0.1, -0.05) is 6.07 Å². The lowest BCUT2D eigenvalue weighted by Gasteiger charge is -2.37. The number of carbonyl (C=O) groups is 2. The van der Waals surface area contributed by atoms with E-state index in [9.17, 15) is 9.59 Å². The molecule has 1 saturated heterocycles. The lowest BCUT2D eigenvalue weighted by atomic mass is 10.1. The molecule has 0 aromatic heterocycles. The van der Waals surface area contributed by atoms with Gasteiger partial charge in [0.1, 0.15) is 11.8 Å². The third kappa shape index (κ3) is 2.66. The van der Waals surface area contributed by atoms with E-state index in [4.69, 9.17) is 9.47 Å². The van der Waals surface area contributed by atoms with Gasteiger partial charge in [0.05, 0.1) is 18.9 Å². The molecule has 0 spiro atoms. The molecule has 2 aliphatic heterocycles. The molecule has 22 heavy (non-hydrogen) atoms. The van der Waals surface area contributed by atoms with Gasteiger partial charge in [-0.25, -0.2) is 0 Å². The number of hydrogen-bond acceptors (Lipinski definition) is 4. The van der Waals surface area contributed by atoms with E-state index in [1.54, 1.807) is 16.7 Å². The van der Waals surface area contributed by atoms with Crippen molar-refractivity contribution in [1.29, 1.82) is 0 Å². The van der Waals surface area contributed by atoms with Crippen molar-refractivity contribution < 1.29 is 19.1 Å². The average Bonchev–Trinajstić information content (AvgIpc) is 2.54. The molecule has 0 bridgehead atoms. The van der Waals surface area contributed by atoms with Gasteiger partial charge < -0.3 is 14.4 Å². The number of benzene rings is 1. The quantitative estimate of drug-likeness (QED) is 0.817. The number of morpholine rings is 1. The van der Waals surface area contributed by atoms with Gasteiger partial charge in [-0.05, 0) is 31.5 Å². The van der Waals surface area contributed by atoms with Crippen LogP contribution in [0.15, 0.2) is 18.2 Å². The zero-order valence-electron chi connectivity index (χ0n) is 12.9. The molecule has 118 valence electrons.